The van der Waals surface area contributed by atoms with Gasteiger partial charge < -0.3 is 42.6 Å². The van der Waals surface area contributed by atoms with E-state index in [0.717, 1.165) is 34.6 Å². The minimum Gasteiger partial charge on any atom is -0.456 e. The zero-order chi connectivity index (χ0) is 31.8. The van der Waals surface area contributed by atoms with Crippen molar-refractivity contribution in [3.05, 3.63) is 34.4 Å². The first-order valence-electron chi connectivity index (χ1n) is 12.9. The molecule has 0 amide bonds. The molecular formula is C26H31NO16. The summed E-state index contributed by atoms with van der Waals surface area (Å²) in [6.45, 7) is 4.65. The third-order valence-electron chi connectivity index (χ3n) is 5.91. The molecule has 3 rings (SSSR count). The van der Waals surface area contributed by atoms with Crippen molar-refractivity contribution in [1.29, 1.82) is 0 Å². The molecule has 2 heterocycles. The topological polar surface area (TPSA) is 212 Å². The summed E-state index contributed by atoms with van der Waals surface area (Å²) < 4.78 is 49.7. The predicted molar refractivity (Wildman–Crippen MR) is 136 cm³/mol. The van der Waals surface area contributed by atoms with E-state index in [1.54, 1.807) is 0 Å². The molecule has 0 saturated carbocycles. The number of benzene rings is 1. The first kappa shape index (κ1) is 33.2. The molecule has 236 valence electrons. The second kappa shape index (κ2) is 14.7. The highest BCUT2D eigenvalue weighted by molar-refractivity contribution is 5.69. The second-order valence-corrected chi connectivity index (χ2v) is 9.36. The minimum atomic E-state index is -1.52. The number of para-hydroxylation sites is 2. The van der Waals surface area contributed by atoms with Gasteiger partial charge in [-0.05, 0) is 6.07 Å². The number of esters is 5. The van der Waals surface area contributed by atoms with Crippen LogP contribution in [0.15, 0.2) is 24.3 Å². The molecule has 1 aromatic carbocycles. The van der Waals surface area contributed by atoms with Crippen LogP contribution in [0.4, 0.5) is 5.69 Å². The number of ether oxygens (including phenoxy) is 9. The Balaban J connectivity index is 1.94. The first-order chi connectivity index (χ1) is 20.3. The first-order valence-corrected chi connectivity index (χ1v) is 12.9. The Labute approximate surface area is 244 Å². The molecule has 17 heteroatoms. The maximum atomic E-state index is 12.1. The van der Waals surface area contributed by atoms with Crippen molar-refractivity contribution in [3.63, 3.8) is 0 Å². The van der Waals surface area contributed by atoms with E-state index < -0.39 is 96.3 Å². The summed E-state index contributed by atoms with van der Waals surface area (Å²) in [7, 11) is 0. The van der Waals surface area contributed by atoms with Gasteiger partial charge in [0.2, 0.25) is 12.4 Å². The number of nitrogens with zero attached hydrogens (tertiary/aromatic N) is 1. The maximum Gasteiger partial charge on any atom is 0.311 e. The summed E-state index contributed by atoms with van der Waals surface area (Å²) in [5, 5.41) is 11.5. The molecule has 0 radical (unpaired) electrons. The molecule has 2 aliphatic heterocycles. The van der Waals surface area contributed by atoms with Crippen molar-refractivity contribution >= 4 is 35.5 Å². The normalized spacial score (nSPS) is 28.5. The Hall–Kier alpha value is -4.35. The number of carbonyl (C=O) groups excluding carboxylic acids is 5. The lowest BCUT2D eigenvalue weighted by Crippen LogP contribution is -2.63. The van der Waals surface area contributed by atoms with E-state index in [9.17, 15) is 34.1 Å². The number of hydrogen-bond acceptors (Lipinski definition) is 16. The lowest BCUT2D eigenvalue weighted by atomic mass is 10.0. The van der Waals surface area contributed by atoms with Gasteiger partial charge in [0.25, 0.3) is 0 Å². The van der Waals surface area contributed by atoms with Crippen molar-refractivity contribution in [2.45, 2.75) is 83.8 Å². The molecule has 2 aliphatic rings. The summed E-state index contributed by atoms with van der Waals surface area (Å²) in [4.78, 5) is 70.5. The van der Waals surface area contributed by atoms with E-state index in [1.807, 2.05) is 0 Å². The van der Waals surface area contributed by atoms with Crippen LogP contribution in [-0.4, -0.2) is 97.2 Å². The van der Waals surface area contributed by atoms with Crippen molar-refractivity contribution in [3.8, 4) is 5.75 Å². The third kappa shape index (κ3) is 9.07. The average molecular weight is 614 g/mol. The van der Waals surface area contributed by atoms with Crippen LogP contribution in [0.1, 0.15) is 34.6 Å². The molecule has 0 bridgehead atoms. The summed E-state index contributed by atoms with van der Waals surface area (Å²) in [5.41, 5.74) is -0.409. The zero-order valence-corrected chi connectivity index (χ0v) is 23.8. The molecular weight excluding hydrogens is 582 g/mol. The number of nitro groups is 1. The van der Waals surface area contributed by atoms with E-state index >= 15 is 0 Å². The molecule has 0 aliphatic carbocycles. The molecule has 0 spiro atoms. The zero-order valence-electron chi connectivity index (χ0n) is 23.8. The summed E-state index contributed by atoms with van der Waals surface area (Å²) in [6, 6.07) is 5.37. The molecule has 2 fully saturated rings. The Kier molecular flexibility index (Phi) is 11.3. The number of hydrogen-bond donors (Lipinski definition) is 0. The molecule has 1 aromatic rings. The van der Waals surface area contributed by atoms with E-state index in [2.05, 4.69) is 0 Å². The molecule has 8 unspecified atom stereocenters. The molecule has 0 N–H and O–H groups in total. The number of carbonyl (C=O) groups is 5. The Morgan fingerprint density at radius 1 is 0.674 bits per heavy atom. The fourth-order valence-corrected chi connectivity index (χ4v) is 4.44. The van der Waals surface area contributed by atoms with Crippen LogP contribution >= 0.6 is 0 Å². The Morgan fingerprint density at radius 2 is 1.12 bits per heavy atom. The Morgan fingerprint density at radius 3 is 1.65 bits per heavy atom. The molecule has 43 heavy (non-hydrogen) atoms. The van der Waals surface area contributed by atoms with Gasteiger partial charge in [-0.1, -0.05) is 12.1 Å². The number of rotatable bonds is 10. The van der Waals surface area contributed by atoms with Gasteiger partial charge in [-0.2, -0.15) is 0 Å². The van der Waals surface area contributed by atoms with Gasteiger partial charge >= 0.3 is 35.5 Å². The van der Waals surface area contributed by atoms with Crippen LogP contribution in [0.5, 0.6) is 5.75 Å². The highest BCUT2D eigenvalue weighted by Gasteiger charge is 2.53. The van der Waals surface area contributed by atoms with E-state index in [0.29, 0.717) is 0 Å². The monoisotopic (exact) mass is 613 g/mol. The van der Waals surface area contributed by atoms with Gasteiger partial charge in [0.05, 0.1) is 18.1 Å². The van der Waals surface area contributed by atoms with Crippen LogP contribution in [0.25, 0.3) is 0 Å². The molecule has 8 atom stereocenters. The fourth-order valence-electron chi connectivity index (χ4n) is 4.44. The van der Waals surface area contributed by atoms with E-state index in [-0.39, 0.29) is 12.4 Å². The third-order valence-corrected chi connectivity index (χ3v) is 5.91. The maximum absolute atomic E-state index is 12.1. The molecule has 2 saturated heterocycles. The van der Waals surface area contributed by atoms with E-state index in [1.165, 1.54) is 24.3 Å². The van der Waals surface area contributed by atoms with Crippen molar-refractivity contribution in [2.24, 2.45) is 0 Å². The largest absolute Gasteiger partial charge is 0.456 e. The predicted octanol–water partition coefficient (Wildman–Crippen LogP) is 0.730. The van der Waals surface area contributed by atoms with Crippen LogP contribution in [0.3, 0.4) is 0 Å². The van der Waals surface area contributed by atoms with Crippen molar-refractivity contribution in [2.75, 3.05) is 13.2 Å². The van der Waals surface area contributed by atoms with Gasteiger partial charge in [-0.3, -0.25) is 34.1 Å². The SMILES string of the molecule is CC(=O)OC1COC(OC2COC(Oc3ccccc3[N+](=O)[O-])C(OC(C)=O)C2OC(C)=O)C(OC(C)=O)C1OC(C)=O. The lowest BCUT2D eigenvalue weighted by Gasteiger charge is -2.44. The summed E-state index contributed by atoms with van der Waals surface area (Å²) in [5.74, 6) is -4.22. The highest BCUT2D eigenvalue weighted by Crippen LogP contribution is 2.33. The van der Waals surface area contributed by atoms with Crippen LogP contribution in [0, 0.1) is 10.1 Å². The van der Waals surface area contributed by atoms with Gasteiger partial charge in [0.1, 0.15) is 6.10 Å². The Bertz CT molecular complexity index is 1220. The second-order valence-electron chi connectivity index (χ2n) is 9.36. The van der Waals surface area contributed by atoms with E-state index in [4.69, 9.17) is 42.6 Å². The van der Waals surface area contributed by atoms with Crippen LogP contribution < -0.4 is 4.74 Å². The van der Waals surface area contributed by atoms with Gasteiger partial charge in [0, 0.05) is 40.7 Å². The molecule has 17 nitrogen and oxygen atoms in total. The minimum absolute atomic E-state index is 0.220. The van der Waals surface area contributed by atoms with Gasteiger partial charge in [0.15, 0.2) is 36.5 Å². The quantitative estimate of drug-likeness (QED) is 0.154. The van der Waals surface area contributed by atoms with Gasteiger partial charge in [-0.15, -0.1) is 0 Å². The molecule has 0 aromatic heterocycles. The smallest absolute Gasteiger partial charge is 0.311 e. The van der Waals surface area contributed by atoms with Gasteiger partial charge in [-0.25, -0.2) is 0 Å². The highest BCUT2D eigenvalue weighted by atomic mass is 16.8. The standard InChI is InChI=1S/C26H31NO16/c1-12(28)37-19-10-35-26(23(40-15(4)31)21(19)38-13(2)29)43-20-11-36-25(24(41-16(5)32)22(20)39-14(3)30)42-18-9-7-6-8-17(18)27(33)34/h6-9,19-26H,10-11H2,1-5H3. The fraction of sp³-hybridized carbons (Fsp3) is 0.577. The van der Waals surface area contributed by atoms with Crippen LogP contribution in [-0.2, 0) is 61.9 Å². The van der Waals surface area contributed by atoms with Crippen molar-refractivity contribution < 1.29 is 71.5 Å². The summed E-state index contributed by atoms with van der Waals surface area (Å²) in [6.07, 6.45) is -11.3. The lowest BCUT2D eigenvalue weighted by molar-refractivity contribution is -0.387. The van der Waals surface area contributed by atoms with Crippen LogP contribution in [0.2, 0.25) is 0 Å². The number of nitro benzene ring substituents is 1. The summed E-state index contributed by atoms with van der Waals surface area (Å²) >= 11 is 0. The average Bonchev–Trinajstić information content (AvgIpc) is 2.89. The van der Waals surface area contributed by atoms with Crippen molar-refractivity contribution in [1.82, 2.24) is 0 Å².